The summed E-state index contributed by atoms with van der Waals surface area (Å²) in [6.45, 7) is 9.17. The highest BCUT2D eigenvalue weighted by atomic mass is 16.5. The van der Waals surface area contributed by atoms with Gasteiger partial charge >= 0.3 is 0 Å². The number of methoxy groups -OCH3 is 1. The van der Waals surface area contributed by atoms with Crippen molar-refractivity contribution in [2.24, 2.45) is 5.73 Å². The molecule has 4 aromatic rings. The average molecular weight is 558 g/mol. The van der Waals surface area contributed by atoms with Crippen LogP contribution in [0.2, 0.25) is 0 Å². The van der Waals surface area contributed by atoms with Crippen molar-refractivity contribution in [3.63, 3.8) is 0 Å². The Morgan fingerprint density at radius 2 is 1.80 bits per heavy atom. The number of aliphatic hydroxyl groups excluding tert-OH is 1. The summed E-state index contributed by atoms with van der Waals surface area (Å²) in [4.78, 5) is 23.5. The zero-order valence-electron chi connectivity index (χ0n) is 23.9. The van der Waals surface area contributed by atoms with E-state index in [1.54, 1.807) is 13.2 Å². The quantitative estimate of drug-likeness (QED) is 0.109. The number of hydrogen-bond acceptors (Lipinski definition) is 9. The summed E-state index contributed by atoms with van der Waals surface area (Å²) in [5.41, 5.74) is 10.0. The third kappa shape index (κ3) is 7.91. The molecule has 4 rings (SSSR count). The minimum Gasteiger partial charge on any atom is -0.497 e. The Balaban J connectivity index is 1.47. The van der Waals surface area contributed by atoms with Gasteiger partial charge in [-0.25, -0.2) is 9.97 Å². The monoisotopic (exact) mass is 557 g/mol. The number of benzene rings is 3. The van der Waals surface area contributed by atoms with Crippen LogP contribution >= 0.6 is 0 Å². The fourth-order valence-electron chi connectivity index (χ4n) is 4.65. The van der Waals surface area contributed by atoms with Crippen LogP contribution in [0.15, 0.2) is 67.0 Å². The summed E-state index contributed by atoms with van der Waals surface area (Å²) in [6.07, 6.45) is 0.559. The van der Waals surface area contributed by atoms with Crippen LogP contribution in [0, 0.1) is 0 Å². The molecule has 0 aliphatic rings. The Hall–Kier alpha value is -4.25. The maximum Gasteiger partial charge on any atom is 0.250 e. The number of carbonyl (C=O) groups excluding carboxylic acids is 1. The molecule has 1 aromatic heterocycles. The highest BCUT2D eigenvalue weighted by Gasteiger charge is 2.14. The molecule has 0 spiro atoms. The molecule has 0 fully saturated rings. The lowest BCUT2D eigenvalue weighted by atomic mass is 10.0. The molecule has 10 heteroatoms. The van der Waals surface area contributed by atoms with Gasteiger partial charge in [0, 0.05) is 42.8 Å². The third-order valence-corrected chi connectivity index (χ3v) is 7.01. The SMILES string of the molecule is CCN(CC)CCNCc1cc(C(N)=O)c2ncnc(NCc3cccc(NC(O)c4ccc(OC)cc4)c3)c2c1. The second-order valence-corrected chi connectivity index (χ2v) is 9.70. The summed E-state index contributed by atoms with van der Waals surface area (Å²) < 4.78 is 5.19. The van der Waals surface area contributed by atoms with Crippen molar-refractivity contribution in [3.8, 4) is 5.75 Å². The first-order valence-electron chi connectivity index (χ1n) is 13.8. The van der Waals surface area contributed by atoms with E-state index in [-0.39, 0.29) is 0 Å². The molecule has 0 bridgehead atoms. The van der Waals surface area contributed by atoms with Crippen LogP contribution in [0.5, 0.6) is 5.75 Å². The van der Waals surface area contributed by atoms with E-state index in [2.05, 4.69) is 44.7 Å². The molecule has 10 nitrogen and oxygen atoms in total. The molecule has 1 atom stereocenters. The van der Waals surface area contributed by atoms with Crippen LogP contribution in [-0.4, -0.2) is 59.2 Å². The minimum atomic E-state index is -0.874. The molecule has 0 aliphatic carbocycles. The first-order chi connectivity index (χ1) is 19.9. The van der Waals surface area contributed by atoms with E-state index in [1.807, 2.05) is 54.6 Å². The number of anilines is 2. The average Bonchev–Trinajstić information content (AvgIpc) is 2.99. The van der Waals surface area contributed by atoms with Gasteiger partial charge in [-0.2, -0.15) is 0 Å². The fraction of sp³-hybridized carbons (Fsp3) is 0.323. The number of nitrogens with one attached hydrogen (secondary N) is 3. The second kappa shape index (κ2) is 14.4. The first kappa shape index (κ1) is 29.7. The van der Waals surface area contributed by atoms with Gasteiger partial charge in [0.1, 0.15) is 17.9 Å². The molecule has 1 amide bonds. The molecule has 41 heavy (non-hydrogen) atoms. The van der Waals surface area contributed by atoms with Crippen LogP contribution in [0.4, 0.5) is 11.5 Å². The normalized spacial score (nSPS) is 11.9. The van der Waals surface area contributed by atoms with Crippen molar-refractivity contribution in [1.82, 2.24) is 20.2 Å². The van der Waals surface area contributed by atoms with E-state index >= 15 is 0 Å². The van der Waals surface area contributed by atoms with Gasteiger partial charge in [-0.1, -0.05) is 38.1 Å². The van der Waals surface area contributed by atoms with Crippen molar-refractivity contribution >= 4 is 28.3 Å². The molecule has 0 radical (unpaired) electrons. The Morgan fingerprint density at radius 1 is 1.02 bits per heavy atom. The summed E-state index contributed by atoms with van der Waals surface area (Å²) >= 11 is 0. The van der Waals surface area contributed by atoms with Gasteiger partial charge in [-0.05, 0) is 60.6 Å². The Bertz CT molecular complexity index is 1440. The third-order valence-electron chi connectivity index (χ3n) is 7.01. The lowest BCUT2D eigenvalue weighted by molar-refractivity contribution is 0.100. The minimum absolute atomic E-state index is 0.368. The highest BCUT2D eigenvalue weighted by molar-refractivity contribution is 6.07. The number of hydrogen-bond donors (Lipinski definition) is 5. The van der Waals surface area contributed by atoms with Crippen molar-refractivity contribution < 1.29 is 14.6 Å². The van der Waals surface area contributed by atoms with Gasteiger partial charge in [0.15, 0.2) is 6.23 Å². The van der Waals surface area contributed by atoms with E-state index in [0.717, 1.165) is 59.7 Å². The number of fused-ring (bicyclic) bond motifs is 1. The summed E-state index contributed by atoms with van der Waals surface area (Å²) in [5, 5.41) is 21.4. The molecular weight excluding hydrogens is 518 g/mol. The van der Waals surface area contributed by atoms with Gasteiger partial charge in [0.25, 0.3) is 5.91 Å². The summed E-state index contributed by atoms with van der Waals surface area (Å²) in [5.74, 6) is 0.811. The summed E-state index contributed by atoms with van der Waals surface area (Å²) in [7, 11) is 1.61. The zero-order chi connectivity index (χ0) is 29.2. The molecule has 0 aliphatic heterocycles. The van der Waals surface area contributed by atoms with E-state index in [0.29, 0.717) is 30.0 Å². The lowest BCUT2D eigenvalue weighted by Crippen LogP contribution is -2.31. The molecule has 0 saturated heterocycles. The van der Waals surface area contributed by atoms with E-state index in [9.17, 15) is 9.90 Å². The lowest BCUT2D eigenvalue weighted by Gasteiger charge is -2.18. The van der Waals surface area contributed by atoms with Crippen LogP contribution < -0.4 is 26.4 Å². The summed E-state index contributed by atoms with van der Waals surface area (Å²) in [6, 6.07) is 18.8. The number of likely N-dealkylation sites (N-methyl/N-ethyl adjacent to an activating group) is 1. The van der Waals surface area contributed by atoms with Gasteiger partial charge in [-0.15, -0.1) is 0 Å². The molecule has 1 heterocycles. The van der Waals surface area contributed by atoms with Crippen LogP contribution in [0.3, 0.4) is 0 Å². The maximum absolute atomic E-state index is 12.3. The molecule has 3 aromatic carbocycles. The Kier molecular flexibility index (Phi) is 10.4. The topological polar surface area (TPSA) is 138 Å². The number of nitrogens with two attached hydrogens (primary N) is 1. The smallest absolute Gasteiger partial charge is 0.250 e. The maximum atomic E-state index is 12.3. The van der Waals surface area contributed by atoms with Crippen molar-refractivity contribution in [2.45, 2.75) is 33.2 Å². The number of carbonyl (C=O) groups is 1. The fourth-order valence-corrected chi connectivity index (χ4v) is 4.65. The van der Waals surface area contributed by atoms with Crippen LogP contribution in [0.1, 0.15) is 47.1 Å². The van der Waals surface area contributed by atoms with E-state index in [4.69, 9.17) is 10.5 Å². The van der Waals surface area contributed by atoms with Gasteiger partial charge in [0.05, 0.1) is 18.2 Å². The molecule has 1 unspecified atom stereocenters. The molecule has 216 valence electrons. The zero-order valence-corrected chi connectivity index (χ0v) is 23.9. The van der Waals surface area contributed by atoms with E-state index < -0.39 is 12.1 Å². The number of rotatable bonds is 15. The number of ether oxygens (including phenoxy) is 1. The van der Waals surface area contributed by atoms with Crippen molar-refractivity contribution in [2.75, 3.05) is 43.9 Å². The Labute approximate surface area is 240 Å². The van der Waals surface area contributed by atoms with Gasteiger partial charge in [0.2, 0.25) is 0 Å². The highest BCUT2D eigenvalue weighted by Crippen LogP contribution is 2.26. The molecular formula is C31H39N7O3. The van der Waals surface area contributed by atoms with Crippen LogP contribution in [-0.2, 0) is 13.1 Å². The standard InChI is InChI=1S/C31H39N7O3/c1-4-38(5-2)14-13-33-18-22-16-26(29(32)39)28-27(17-22)30(36-20-35-28)34-19-21-7-6-8-24(15-21)37-31(40)23-9-11-25(41-3)12-10-23/h6-12,15-17,20,31,33,37,40H,4-5,13-14,18-19H2,1-3H3,(H2,32,39)(H,34,35,36). The van der Waals surface area contributed by atoms with Crippen molar-refractivity contribution in [1.29, 1.82) is 0 Å². The predicted octanol–water partition coefficient (Wildman–Crippen LogP) is 3.88. The van der Waals surface area contributed by atoms with Gasteiger partial charge < -0.3 is 36.4 Å². The number of aromatic nitrogens is 2. The van der Waals surface area contributed by atoms with Crippen LogP contribution in [0.25, 0.3) is 10.9 Å². The van der Waals surface area contributed by atoms with Crippen molar-refractivity contribution in [3.05, 3.63) is 89.2 Å². The second-order valence-electron chi connectivity index (χ2n) is 9.70. The largest absolute Gasteiger partial charge is 0.497 e. The van der Waals surface area contributed by atoms with E-state index in [1.165, 1.54) is 6.33 Å². The first-order valence-corrected chi connectivity index (χ1v) is 13.8. The number of nitrogens with zero attached hydrogens (tertiary/aromatic N) is 3. The number of aliphatic hydroxyl groups is 1. The predicted molar refractivity (Wildman–Crippen MR) is 163 cm³/mol. The Morgan fingerprint density at radius 3 is 2.51 bits per heavy atom. The number of amides is 1. The molecule has 0 saturated carbocycles. The number of primary amides is 1. The van der Waals surface area contributed by atoms with Gasteiger partial charge in [-0.3, -0.25) is 4.79 Å². The molecule has 6 N–H and O–H groups in total.